The fourth-order valence-electron chi connectivity index (χ4n) is 4.34. The van der Waals surface area contributed by atoms with Crippen LogP contribution < -0.4 is 5.32 Å². The van der Waals surface area contributed by atoms with Gasteiger partial charge in [0.25, 0.3) is 5.91 Å². The topological polar surface area (TPSA) is 69.7 Å². The molecule has 0 bridgehead atoms. The van der Waals surface area contributed by atoms with Crippen molar-refractivity contribution in [1.29, 1.82) is 0 Å². The first-order valence-electron chi connectivity index (χ1n) is 9.09. The fourth-order valence-corrected chi connectivity index (χ4v) is 4.34. The van der Waals surface area contributed by atoms with Gasteiger partial charge < -0.3 is 9.80 Å². The van der Waals surface area contributed by atoms with E-state index in [0.717, 1.165) is 37.1 Å². The Morgan fingerprint density at radius 3 is 2.54 bits per heavy atom. The third-order valence-electron chi connectivity index (χ3n) is 5.81. The van der Waals surface area contributed by atoms with Crippen LogP contribution in [0.4, 0.5) is 4.39 Å². The summed E-state index contributed by atoms with van der Waals surface area (Å²) >= 11 is 0. The van der Waals surface area contributed by atoms with Crippen molar-refractivity contribution < 1.29 is 18.8 Å². The molecule has 1 unspecified atom stereocenters. The summed E-state index contributed by atoms with van der Waals surface area (Å²) in [5.41, 5.74) is 2.11. The molecule has 26 heavy (non-hydrogen) atoms. The number of nitrogens with one attached hydrogen (secondary N) is 1. The van der Waals surface area contributed by atoms with Crippen molar-refractivity contribution in [3.63, 3.8) is 0 Å². The second-order valence-electron chi connectivity index (χ2n) is 7.50. The second-order valence-corrected chi connectivity index (χ2v) is 7.50. The molecule has 7 heteroatoms. The van der Waals surface area contributed by atoms with Crippen molar-refractivity contribution in [2.75, 3.05) is 20.1 Å². The number of rotatable bonds is 2. The van der Waals surface area contributed by atoms with Crippen molar-refractivity contribution >= 4 is 17.7 Å². The van der Waals surface area contributed by atoms with E-state index in [9.17, 15) is 18.8 Å². The van der Waals surface area contributed by atoms with Gasteiger partial charge >= 0.3 is 0 Å². The summed E-state index contributed by atoms with van der Waals surface area (Å²) in [6.45, 7) is 2.20. The number of likely N-dealkylation sites (tertiary alicyclic amines) is 1. The molecular formula is C19H22FN3O3. The lowest BCUT2D eigenvalue weighted by Crippen LogP contribution is -2.52. The number of carbonyl (C=O) groups excluding carboxylic acids is 3. The van der Waals surface area contributed by atoms with Crippen LogP contribution in [0.15, 0.2) is 12.1 Å². The van der Waals surface area contributed by atoms with Crippen molar-refractivity contribution in [2.24, 2.45) is 0 Å². The van der Waals surface area contributed by atoms with Crippen LogP contribution in [0.2, 0.25) is 0 Å². The van der Waals surface area contributed by atoms with Gasteiger partial charge in [0.2, 0.25) is 11.8 Å². The number of hydrogen-bond donors (Lipinski definition) is 1. The Bertz CT molecular complexity index is 786. The summed E-state index contributed by atoms with van der Waals surface area (Å²) in [5, 5.41) is 2.30. The van der Waals surface area contributed by atoms with Crippen LogP contribution in [0.3, 0.4) is 0 Å². The minimum atomic E-state index is -0.666. The lowest BCUT2D eigenvalue weighted by molar-refractivity contribution is -0.136. The van der Waals surface area contributed by atoms with Gasteiger partial charge in [-0.15, -0.1) is 0 Å². The molecule has 1 aromatic rings. The van der Waals surface area contributed by atoms with E-state index >= 15 is 0 Å². The number of imide groups is 1. The first kappa shape index (κ1) is 17.1. The average molecular weight is 359 g/mol. The summed E-state index contributed by atoms with van der Waals surface area (Å²) in [6, 6.07) is 2.17. The van der Waals surface area contributed by atoms with Crippen LogP contribution in [0, 0.1) is 5.82 Å². The van der Waals surface area contributed by atoms with Gasteiger partial charge in [-0.25, -0.2) is 4.39 Å². The average Bonchev–Trinajstić information content (AvgIpc) is 2.92. The molecular weight excluding hydrogens is 337 g/mol. The molecule has 2 saturated heterocycles. The minimum absolute atomic E-state index is 0.215. The summed E-state index contributed by atoms with van der Waals surface area (Å²) in [4.78, 5) is 40.1. The molecule has 0 radical (unpaired) electrons. The van der Waals surface area contributed by atoms with E-state index < -0.39 is 17.8 Å². The standard InChI is InChI=1S/C19H22FN3O3/c1-22-6-4-11(5-7-22)13-8-12(20)9-14-15(13)10-23(19(14)26)16-2-3-17(24)21-18(16)25/h8-9,11,16H,2-7,10H2,1H3,(H,21,24,25). The normalized spacial score (nSPS) is 24.8. The van der Waals surface area contributed by atoms with Gasteiger partial charge in [0.05, 0.1) is 0 Å². The molecule has 138 valence electrons. The highest BCUT2D eigenvalue weighted by molar-refractivity contribution is 6.05. The number of amides is 3. The van der Waals surface area contributed by atoms with Crippen LogP contribution in [-0.4, -0.2) is 53.7 Å². The van der Waals surface area contributed by atoms with Crippen LogP contribution in [0.25, 0.3) is 0 Å². The molecule has 6 nitrogen and oxygen atoms in total. The Morgan fingerprint density at radius 2 is 1.85 bits per heavy atom. The number of carbonyl (C=O) groups is 3. The monoisotopic (exact) mass is 359 g/mol. The molecule has 0 spiro atoms. The minimum Gasteiger partial charge on any atom is -0.322 e. The van der Waals surface area contributed by atoms with Gasteiger partial charge in [0, 0.05) is 18.5 Å². The maximum Gasteiger partial charge on any atom is 0.255 e. The molecule has 3 heterocycles. The van der Waals surface area contributed by atoms with E-state index in [2.05, 4.69) is 17.3 Å². The largest absolute Gasteiger partial charge is 0.322 e. The summed E-state index contributed by atoms with van der Waals surface area (Å²) in [6.07, 6.45) is 2.39. The predicted octanol–water partition coefficient (Wildman–Crippen LogP) is 1.40. The zero-order valence-electron chi connectivity index (χ0n) is 14.8. The Hall–Kier alpha value is -2.28. The maximum atomic E-state index is 14.2. The highest BCUT2D eigenvalue weighted by Crippen LogP contribution is 2.37. The molecule has 3 aliphatic heterocycles. The predicted molar refractivity (Wildman–Crippen MR) is 91.9 cm³/mol. The first-order valence-corrected chi connectivity index (χ1v) is 9.09. The highest BCUT2D eigenvalue weighted by atomic mass is 19.1. The Labute approximate surface area is 151 Å². The van der Waals surface area contributed by atoms with Crippen LogP contribution in [0.5, 0.6) is 0 Å². The fraction of sp³-hybridized carbons (Fsp3) is 0.526. The van der Waals surface area contributed by atoms with E-state index in [-0.39, 0.29) is 24.2 Å². The van der Waals surface area contributed by atoms with Gasteiger partial charge in [0.1, 0.15) is 11.9 Å². The van der Waals surface area contributed by atoms with E-state index in [1.54, 1.807) is 6.07 Å². The van der Waals surface area contributed by atoms with Crippen LogP contribution >= 0.6 is 0 Å². The number of benzene rings is 1. The van der Waals surface area contributed by atoms with Crippen molar-refractivity contribution in [3.8, 4) is 0 Å². The van der Waals surface area contributed by atoms with Crippen molar-refractivity contribution in [3.05, 3.63) is 34.6 Å². The summed E-state index contributed by atoms with van der Waals surface area (Å²) in [5.74, 6) is -1.25. The molecule has 2 fully saturated rings. The number of fused-ring (bicyclic) bond motifs is 1. The van der Waals surface area contributed by atoms with E-state index in [1.165, 1.54) is 11.0 Å². The molecule has 0 aliphatic carbocycles. The Morgan fingerprint density at radius 1 is 1.12 bits per heavy atom. The molecule has 1 aromatic carbocycles. The second kappa shape index (κ2) is 6.46. The molecule has 0 saturated carbocycles. The van der Waals surface area contributed by atoms with Gasteiger partial charge in [-0.1, -0.05) is 0 Å². The molecule has 3 amide bonds. The Kier molecular flexibility index (Phi) is 4.26. The molecule has 0 aromatic heterocycles. The lowest BCUT2D eigenvalue weighted by Gasteiger charge is -2.31. The van der Waals surface area contributed by atoms with E-state index in [1.807, 2.05) is 0 Å². The third-order valence-corrected chi connectivity index (χ3v) is 5.81. The SMILES string of the molecule is CN1CCC(c2cc(F)cc3c2CN(C2CCC(=O)NC2=O)C3=O)CC1. The van der Waals surface area contributed by atoms with Gasteiger partial charge in [-0.2, -0.15) is 0 Å². The lowest BCUT2D eigenvalue weighted by atomic mass is 9.85. The quantitative estimate of drug-likeness (QED) is 0.811. The maximum absolute atomic E-state index is 14.2. The van der Waals surface area contributed by atoms with Gasteiger partial charge in [-0.05, 0) is 68.6 Å². The number of hydrogen-bond acceptors (Lipinski definition) is 4. The van der Waals surface area contributed by atoms with Crippen LogP contribution in [0.1, 0.15) is 53.1 Å². The third kappa shape index (κ3) is 2.90. The van der Waals surface area contributed by atoms with Gasteiger partial charge in [0.15, 0.2) is 0 Å². The molecule has 1 atom stereocenters. The highest BCUT2D eigenvalue weighted by Gasteiger charge is 2.41. The van der Waals surface area contributed by atoms with Gasteiger partial charge in [-0.3, -0.25) is 19.7 Å². The number of halogens is 1. The Balaban J connectivity index is 1.64. The van der Waals surface area contributed by atoms with Crippen molar-refractivity contribution in [1.82, 2.24) is 15.1 Å². The van der Waals surface area contributed by atoms with E-state index in [4.69, 9.17) is 0 Å². The number of nitrogens with zero attached hydrogens (tertiary/aromatic N) is 2. The summed E-state index contributed by atoms with van der Waals surface area (Å²) in [7, 11) is 2.07. The first-order chi connectivity index (χ1) is 12.4. The van der Waals surface area contributed by atoms with Crippen LogP contribution in [-0.2, 0) is 16.1 Å². The van der Waals surface area contributed by atoms with E-state index in [0.29, 0.717) is 18.5 Å². The smallest absolute Gasteiger partial charge is 0.255 e. The number of piperidine rings is 2. The molecule has 3 aliphatic rings. The van der Waals surface area contributed by atoms with Crippen molar-refractivity contribution in [2.45, 2.75) is 44.2 Å². The molecule has 4 rings (SSSR count). The zero-order chi connectivity index (χ0) is 18.4. The molecule has 1 N–H and O–H groups in total. The zero-order valence-corrected chi connectivity index (χ0v) is 14.8. The summed E-state index contributed by atoms with van der Waals surface area (Å²) < 4.78 is 14.2.